The lowest BCUT2D eigenvalue weighted by Crippen LogP contribution is -2.32. The molecule has 0 unspecified atom stereocenters. The van der Waals surface area contributed by atoms with Crippen LogP contribution in [0.5, 0.6) is 0 Å². The molecule has 7 heteroatoms. The molecule has 0 saturated carbocycles. The smallest absolute Gasteiger partial charge is 0.345 e. The summed E-state index contributed by atoms with van der Waals surface area (Å²) in [5, 5.41) is 4.19. The van der Waals surface area contributed by atoms with Crippen LogP contribution in [0.25, 0.3) is 10.9 Å². The summed E-state index contributed by atoms with van der Waals surface area (Å²) in [6, 6.07) is 15.8. The highest BCUT2D eigenvalue weighted by Crippen LogP contribution is 2.34. The van der Waals surface area contributed by atoms with Crippen LogP contribution >= 0.6 is 11.8 Å². The van der Waals surface area contributed by atoms with Gasteiger partial charge in [-0.2, -0.15) is 4.57 Å². The molecular weight excluding hydrogens is 446 g/mol. The summed E-state index contributed by atoms with van der Waals surface area (Å²) < 4.78 is 6.45. The molecule has 6 nitrogen and oxygen atoms in total. The van der Waals surface area contributed by atoms with Gasteiger partial charge in [-0.05, 0) is 76.4 Å². The van der Waals surface area contributed by atoms with E-state index < -0.39 is 4.75 Å². The summed E-state index contributed by atoms with van der Waals surface area (Å²) in [5.74, 6) is 0.797. The quantitative estimate of drug-likeness (QED) is 0.221. The van der Waals surface area contributed by atoms with Crippen molar-refractivity contribution in [3.8, 4) is 0 Å². The number of hydrogen-bond donors (Lipinski definition) is 1. The number of ether oxygens (including phenoxy) is 1. The van der Waals surface area contributed by atoms with Crippen molar-refractivity contribution in [2.24, 2.45) is 0 Å². The predicted octanol–water partition coefficient (Wildman–Crippen LogP) is 5.09. The summed E-state index contributed by atoms with van der Waals surface area (Å²) in [5.41, 5.74) is 2.03. The van der Waals surface area contributed by atoms with Crippen molar-refractivity contribution in [2.45, 2.75) is 69.6 Å². The fourth-order valence-corrected chi connectivity index (χ4v) is 4.85. The Labute approximate surface area is 206 Å². The number of fused-ring (bicyclic) bond motifs is 1. The van der Waals surface area contributed by atoms with Crippen molar-refractivity contribution in [1.29, 1.82) is 0 Å². The van der Waals surface area contributed by atoms with E-state index in [2.05, 4.69) is 17.2 Å². The number of nitrogens with zero attached hydrogens (tertiary/aromatic N) is 1. The number of aryl methyl sites for hydroxylation is 1. The van der Waals surface area contributed by atoms with E-state index in [0.717, 1.165) is 59.5 Å². The zero-order chi connectivity index (χ0) is 24.6. The number of carbonyl (C=O) groups is 1. The number of benzene rings is 2. The molecule has 0 atom stereocenters. The topological polar surface area (TPSA) is 74.5 Å². The van der Waals surface area contributed by atoms with Crippen LogP contribution < -0.4 is 15.9 Å². The Morgan fingerprint density at radius 3 is 2.53 bits per heavy atom. The van der Waals surface area contributed by atoms with Crippen LogP contribution in [0.3, 0.4) is 0 Å². The number of esters is 1. The Morgan fingerprint density at radius 2 is 1.82 bits per heavy atom. The zero-order valence-electron chi connectivity index (χ0n) is 20.6. The van der Waals surface area contributed by atoms with Crippen LogP contribution in [0.2, 0.25) is 0 Å². The molecule has 34 heavy (non-hydrogen) atoms. The van der Waals surface area contributed by atoms with Gasteiger partial charge >= 0.3 is 11.5 Å². The van der Waals surface area contributed by atoms with Crippen molar-refractivity contribution < 1.29 is 14.5 Å². The van der Waals surface area contributed by atoms with Gasteiger partial charge in [-0.3, -0.25) is 4.79 Å². The average Bonchev–Trinajstić information content (AvgIpc) is 2.82. The lowest BCUT2D eigenvalue weighted by molar-refractivity contribution is -0.367. The van der Waals surface area contributed by atoms with Gasteiger partial charge in [0.15, 0.2) is 0 Å². The highest BCUT2D eigenvalue weighted by molar-refractivity contribution is 8.01. The normalized spacial score (nSPS) is 11.5. The van der Waals surface area contributed by atoms with Gasteiger partial charge in [0.25, 0.3) is 5.82 Å². The fraction of sp³-hybridized carbons (Fsp3) is 0.444. The van der Waals surface area contributed by atoms with E-state index >= 15 is 0 Å². The van der Waals surface area contributed by atoms with Crippen molar-refractivity contribution in [1.82, 2.24) is 4.57 Å². The third-order valence-corrected chi connectivity index (χ3v) is 6.81. The molecule has 1 heterocycles. The summed E-state index contributed by atoms with van der Waals surface area (Å²) in [4.78, 5) is 29.6. The van der Waals surface area contributed by atoms with E-state index in [4.69, 9.17) is 4.74 Å². The first kappa shape index (κ1) is 25.8. The Balaban J connectivity index is 1.52. The van der Waals surface area contributed by atoms with Gasteiger partial charge < -0.3 is 10.1 Å². The molecular formula is C27H36N3O3S+. The summed E-state index contributed by atoms with van der Waals surface area (Å²) >= 11 is 1.50. The van der Waals surface area contributed by atoms with E-state index in [1.165, 1.54) is 11.8 Å². The Bertz CT molecular complexity index is 1160. The molecule has 182 valence electrons. The fourth-order valence-electron chi connectivity index (χ4n) is 3.85. The van der Waals surface area contributed by atoms with Crippen LogP contribution in [0.1, 0.15) is 52.8 Å². The Morgan fingerprint density at radius 1 is 1.09 bits per heavy atom. The second kappa shape index (κ2) is 12.1. The molecule has 0 spiro atoms. The van der Waals surface area contributed by atoms with Crippen molar-refractivity contribution in [2.75, 3.05) is 18.5 Å². The molecule has 0 amide bonds. The minimum Gasteiger partial charge on any atom is -0.465 e. The summed E-state index contributed by atoms with van der Waals surface area (Å²) in [6.07, 6.45) is 3.71. The number of hydrogen-bond acceptors (Lipinski definition) is 5. The summed E-state index contributed by atoms with van der Waals surface area (Å²) in [7, 11) is 0. The molecule has 0 fully saturated rings. The number of H-pyrrole nitrogens is 1. The number of aromatic nitrogens is 2. The minimum atomic E-state index is -0.625. The molecule has 3 rings (SSSR count). The molecule has 0 radical (unpaired) electrons. The average molecular weight is 483 g/mol. The van der Waals surface area contributed by atoms with E-state index in [9.17, 15) is 9.59 Å². The largest absolute Gasteiger partial charge is 0.465 e. The second-order valence-electron chi connectivity index (χ2n) is 8.82. The molecule has 0 aliphatic carbocycles. The van der Waals surface area contributed by atoms with Crippen LogP contribution in [0.15, 0.2) is 58.2 Å². The molecule has 2 aromatic carbocycles. The highest BCUT2D eigenvalue weighted by atomic mass is 32.2. The van der Waals surface area contributed by atoms with Crippen LogP contribution in [-0.2, 0) is 22.5 Å². The van der Waals surface area contributed by atoms with Crippen molar-refractivity contribution >= 4 is 34.3 Å². The second-order valence-corrected chi connectivity index (χ2v) is 10.5. The van der Waals surface area contributed by atoms with E-state index in [0.29, 0.717) is 13.2 Å². The standard InChI is InChI=1S/C27H35N3O3S/c1-5-11-24-29-23-13-8-7-12-22(23)25(31)30(24)19-10-9-18-28-20-14-16-21(17-15-20)34-27(3,4)26(32)33-6-2/h7-8,12-17,28H,5-6,9-11,18-19H2,1-4H3/p+1. The van der Waals surface area contributed by atoms with Gasteiger partial charge in [0.1, 0.15) is 15.6 Å². The molecule has 0 aliphatic heterocycles. The van der Waals surface area contributed by atoms with E-state index in [1.807, 2.05) is 73.9 Å². The lowest BCUT2D eigenvalue weighted by Gasteiger charge is -2.21. The SMILES string of the molecule is CCCc1[nH+]c2ccccc2c(=O)n1CCCCNc1ccc(SC(C)(C)C(=O)OCC)cc1. The van der Waals surface area contributed by atoms with Gasteiger partial charge in [-0.1, -0.05) is 19.1 Å². The third-order valence-electron chi connectivity index (χ3n) is 5.63. The molecule has 0 bridgehead atoms. The first-order valence-electron chi connectivity index (χ1n) is 12.1. The molecule has 0 aliphatic rings. The maximum atomic E-state index is 13.0. The van der Waals surface area contributed by atoms with E-state index in [1.54, 1.807) is 0 Å². The number of para-hydroxylation sites is 1. The minimum absolute atomic E-state index is 0.0876. The number of anilines is 1. The number of unbranched alkanes of at least 4 members (excludes halogenated alkanes) is 1. The first-order chi connectivity index (χ1) is 16.4. The number of aromatic amines is 1. The maximum absolute atomic E-state index is 13.0. The number of nitrogens with one attached hydrogen (secondary N) is 2. The lowest BCUT2D eigenvalue weighted by atomic mass is 10.2. The van der Waals surface area contributed by atoms with Crippen molar-refractivity contribution in [3.05, 3.63) is 64.7 Å². The van der Waals surface area contributed by atoms with Crippen LogP contribution in [0.4, 0.5) is 5.69 Å². The number of rotatable bonds is 12. The maximum Gasteiger partial charge on any atom is 0.345 e. The summed E-state index contributed by atoms with van der Waals surface area (Å²) in [6.45, 7) is 9.63. The van der Waals surface area contributed by atoms with Crippen LogP contribution in [0, 0.1) is 0 Å². The Hall–Kier alpha value is -2.80. The van der Waals surface area contributed by atoms with Gasteiger partial charge in [-0.25, -0.2) is 9.78 Å². The Kier molecular flexibility index (Phi) is 9.16. The van der Waals surface area contributed by atoms with Gasteiger partial charge in [0, 0.05) is 23.5 Å². The zero-order valence-corrected chi connectivity index (χ0v) is 21.5. The van der Waals surface area contributed by atoms with Crippen LogP contribution in [-0.4, -0.2) is 28.4 Å². The third kappa shape index (κ3) is 6.63. The molecule has 2 N–H and O–H groups in total. The predicted molar refractivity (Wildman–Crippen MR) is 139 cm³/mol. The number of carbonyl (C=O) groups excluding carboxylic acids is 1. The van der Waals surface area contributed by atoms with Gasteiger partial charge in [0.05, 0.1) is 13.2 Å². The monoisotopic (exact) mass is 482 g/mol. The number of thioether (sulfide) groups is 1. The molecule has 1 aromatic heterocycles. The van der Waals surface area contributed by atoms with Crippen molar-refractivity contribution in [3.63, 3.8) is 0 Å². The molecule has 3 aromatic rings. The van der Waals surface area contributed by atoms with Gasteiger partial charge in [-0.15, -0.1) is 11.8 Å². The first-order valence-corrected chi connectivity index (χ1v) is 12.9. The van der Waals surface area contributed by atoms with E-state index in [-0.39, 0.29) is 11.5 Å². The highest BCUT2D eigenvalue weighted by Gasteiger charge is 2.30. The van der Waals surface area contributed by atoms with Gasteiger partial charge in [0.2, 0.25) is 0 Å². The molecule has 0 saturated heterocycles.